The largest absolute Gasteiger partial charge is 0.493 e. The lowest BCUT2D eigenvalue weighted by Crippen LogP contribution is -2.14. The van der Waals surface area contributed by atoms with E-state index >= 15 is 0 Å². The Kier molecular flexibility index (Phi) is 6.39. The van der Waals surface area contributed by atoms with Crippen LogP contribution in [0.5, 0.6) is 11.5 Å². The standard InChI is InChI=1S/C19H19N7O3.C2H6/c1-11-22-19(14-5-4-6-26(14)24-11)23-16-9-25(10-21-16)12-7-13(18(20)27)17(29-3)15(8-12)28-2;1-2/h4-10H,1-3H3,(H2,20,27)(H,22,23,24);1-2H3. The van der Waals surface area contributed by atoms with Crippen molar-refractivity contribution >= 4 is 23.1 Å². The smallest absolute Gasteiger partial charge is 0.252 e. The van der Waals surface area contributed by atoms with Gasteiger partial charge in [0.1, 0.15) is 23.5 Å². The quantitative estimate of drug-likeness (QED) is 0.489. The van der Waals surface area contributed by atoms with E-state index < -0.39 is 5.91 Å². The lowest BCUT2D eigenvalue weighted by atomic mass is 10.1. The fourth-order valence-electron chi connectivity index (χ4n) is 3.07. The first kappa shape index (κ1) is 21.6. The molecule has 1 amide bonds. The van der Waals surface area contributed by atoms with Gasteiger partial charge in [-0.1, -0.05) is 13.8 Å². The van der Waals surface area contributed by atoms with Gasteiger partial charge in [-0.2, -0.15) is 5.10 Å². The molecule has 10 nitrogen and oxygen atoms in total. The summed E-state index contributed by atoms with van der Waals surface area (Å²) in [7, 11) is 2.95. The Bertz CT molecular complexity index is 1210. The van der Waals surface area contributed by atoms with Gasteiger partial charge in [-0.05, 0) is 25.1 Å². The van der Waals surface area contributed by atoms with Crippen molar-refractivity contribution in [3.8, 4) is 17.2 Å². The third-order valence-corrected chi connectivity index (χ3v) is 4.35. The topological polar surface area (TPSA) is 122 Å². The Morgan fingerprint density at radius 1 is 1.19 bits per heavy atom. The van der Waals surface area contributed by atoms with Crippen molar-refractivity contribution in [1.82, 2.24) is 24.1 Å². The number of nitrogens with zero attached hydrogens (tertiary/aromatic N) is 5. The van der Waals surface area contributed by atoms with E-state index in [2.05, 4.69) is 20.4 Å². The highest BCUT2D eigenvalue weighted by Crippen LogP contribution is 2.34. The average Bonchev–Trinajstić information content (AvgIpc) is 3.43. The van der Waals surface area contributed by atoms with Gasteiger partial charge >= 0.3 is 0 Å². The van der Waals surface area contributed by atoms with Gasteiger partial charge in [0.2, 0.25) is 0 Å². The van der Waals surface area contributed by atoms with Crippen LogP contribution in [0, 0.1) is 6.92 Å². The molecule has 0 fully saturated rings. The zero-order valence-electron chi connectivity index (χ0n) is 18.1. The van der Waals surface area contributed by atoms with Crippen LogP contribution in [0.3, 0.4) is 0 Å². The first-order valence-corrected chi connectivity index (χ1v) is 9.69. The van der Waals surface area contributed by atoms with Crippen LogP contribution < -0.4 is 20.5 Å². The molecular weight excluding hydrogens is 398 g/mol. The van der Waals surface area contributed by atoms with Gasteiger partial charge in [-0.3, -0.25) is 4.79 Å². The van der Waals surface area contributed by atoms with Crippen LogP contribution in [0.25, 0.3) is 11.2 Å². The van der Waals surface area contributed by atoms with Crippen molar-refractivity contribution < 1.29 is 14.3 Å². The molecule has 31 heavy (non-hydrogen) atoms. The van der Waals surface area contributed by atoms with Gasteiger partial charge in [0.25, 0.3) is 5.91 Å². The Morgan fingerprint density at radius 3 is 2.65 bits per heavy atom. The summed E-state index contributed by atoms with van der Waals surface area (Å²) in [4.78, 5) is 20.7. The van der Waals surface area contributed by atoms with Crippen LogP contribution in [0.4, 0.5) is 11.6 Å². The maximum atomic E-state index is 11.8. The fraction of sp³-hybridized carbons (Fsp3) is 0.238. The molecule has 4 rings (SSSR count). The number of methoxy groups -OCH3 is 2. The van der Waals surface area contributed by atoms with E-state index in [1.165, 1.54) is 14.2 Å². The van der Waals surface area contributed by atoms with Crippen molar-refractivity contribution in [2.75, 3.05) is 19.5 Å². The zero-order valence-corrected chi connectivity index (χ0v) is 18.1. The normalized spacial score (nSPS) is 10.4. The highest BCUT2D eigenvalue weighted by Gasteiger charge is 2.17. The molecule has 0 saturated carbocycles. The fourth-order valence-corrected chi connectivity index (χ4v) is 3.07. The molecule has 0 atom stereocenters. The van der Waals surface area contributed by atoms with Crippen LogP contribution in [0.1, 0.15) is 30.0 Å². The summed E-state index contributed by atoms with van der Waals surface area (Å²) in [5, 5.41) is 7.52. The second kappa shape index (κ2) is 9.16. The average molecular weight is 423 g/mol. The van der Waals surface area contributed by atoms with Gasteiger partial charge in [0.05, 0.1) is 31.7 Å². The van der Waals surface area contributed by atoms with Gasteiger partial charge in [0.15, 0.2) is 17.3 Å². The first-order valence-electron chi connectivity index (χ1n) is 9.69. The number of ether oxygens (including phenoxy) is 2. The minimum atomic E-state index is -0.618. The van der Waals surface area contributed by atoms with E-state index in [1.54, 1.807) is 33.7 Å². The third kappa shape index (κ3) is 4.27. The summed E-state index contributed by atoms with van der Waals surface area (Å²) in [6, 6.07) is 7.15. The number of nitrogens with two attached hydrogens (primary N) is 1. The second-order valence-electron chi connectivity index (χ2n) is 6.23. The number of hydrogen-bond acceptors (Lipinski definition) is 7. The minimum absolute atomic E-state index is 0.214. The van der Waals surface area contributed by atoms with Crippen LogP contribution in [-0.4, -0.2) is 44.3 Å². The summed E-state index contributed by atoms with van der Waals surface area (Å²) >= 11 is 0. The maximum Gasteiger partial charge on any atom is 0.252 e. The van der Waals surface area contributed by atoms with E-state index in [4.69, 9.17) is 15.2 Å². The zero-order chi connectivity index (χ0) is 22.5. The highest BCUT2D eigenvalue weighted by atomic mass is 16.5. The van der Waals surface area contributed by atoms with E-state index in [0.717, 1.165) is 5.52 Å². The highest BCUT2D eigenvalue weighted by molar-refractivity contribution is 5.97. The number of aromatic nitrogens is 5. The Labute approximate surface area is 179 Å². The summed E-state index contributed by atoms with van der Waals surface area (Å²) < 4.78 is 14.1. The number of nitrogens with one attached hydrogen (secondary N) is 1. The number of fused-ring (bicyclic) bond motifs is 1. The number of carbonyl (C=O) groups is 1. The number of carbonyl (C=O) groups excluding carboxylic acids is 1. The number of aryl methyl sites for hydroxylation is 1. The number of imidazole rings is 1. The molecule has 162 valence electrons. The van der Waals surface area contributed by atoms with E-state index in [-0.39, 0.29) is 11.3 Å². The molecule has 10 heteroatoms. The van der Waals surface area contributed by atoms with Crippen LogP contribution in [0.2, 0.25) is 0 Å². The molecule has 0 aliphatic heterocycles. The predicted octanol–water partition coefficient (Wildman–Crippen LogP) is 3.11. The number of anilines is 2. The number of hydrogen-bond donors (Lipinski definition) is 2. The Morgan fingerprint density at radius 2 is 1.97 bits per heavy atom. The van der Waals surface area contributed by atoms with E-state index in [9.17, 15) is 4.79 Å². The second-order valence-corrected chi connectivity index (χ2v) is 6.23. The van der Waals surface area contributed by atoms with Crippen molar-refractivity contribution in [2.24, 2.45) is 5.73 Å². The van der Waals surface area contributed by atoms with Gasteiger partial charge in [0, 0.05) is 12.3 Å². The predicted molar refractivity (Wildman–Crippen MR) is 118 cm³/mol. The Balaban J connectivity index is 0.00000132. The number of amides is 1. The molecule has 0 aliphatic carbocycles. The van der Waals surface area contributed by atoms with Crippen molar-refractivity contribution in [3.05, 3.63) is 54.4 Å². The van der Waals surface area contributed by atoms with Gasteiger partial charge in [-0.25, -0.2) is 14.5 Å². The molecule has 0 spiro atoms. The van der Waals surface area contributed by atoms with Crippen LogP contribution in [-0.2, 0) is 0 Å². The van der Waals surface area contributed by atoms with Crippen molar-refractivity contribution in [3.63, 3.8) is 0 Å². The first-order chi connectivity index (χ1) is 15.0. The molecular formula is C21H25N7O3. The molecule has 3 aromatic heterocycles. The van der Waals surface area contributed by atoms with Crippen molar-refractivity contribution in [1.29, 1.82) is 0 Å². The summed E-state index contributed by atoms with van der Waals surface area (Å²) in [6.07, 6.45) is 5.23. The minimum Gasteiger partial charge on any atom is -0.493 e. The molecule has 0 unspecified atom stereocenters. The number of primary amides is 1. The lowest BCUT2D eigenvalue weighted by Gasteiger charge is -2.13. The molecule has 1 aromatic carbocycles. The van der Waals surface area contributed by atoms with E-state index in [0.29, 0.717) is 28.9 Å². The summed E-state index contributed by atoms with van der Waals surface area (Å²) in [6.45, 7) is 5.82. The molecule has 0 aliphatic rings. The van der Waals surface area contributed by atoms with Crippen molar-refractivity contribution in [2.45, 2.75) is 20.8 Å². The molecule has 0 saturated heterocycles. The molecule has 0 radical (unpaired) electrons. The molecule has 3 N–H and O–H groups in total. The van der Waals surface area contributed by atoms with E-state index in [1.807, 2.05) is 39.1 Å². The Hall–Kier alpha value is -4.08. The summed E-state index contributed by atoms with van der Waals surface area (Å²) in [5.41, 5.74) is 7.18. The van der Waals surface area contributed by atoms with Crippen LogP contribution >= 0.6 is 0 Å². The third-order valence-electron chi connectivity index (χ3n) is 4.35. The monoisotopic (exact) mass is 423 g/mol. The maximum absolute atomic E-state index is 11.8. The molecule has 0 bridgehead atoms. The van der Waals surface area contributed by atoms with Crippen LogP contribution in [0.15, 0.2) is 43.0 Å². The molecule has 4 aromatic rings. The lowest BCUT2D eigenvalue weighted by molar-refractivity contribution is 0.0996. The van der Waals surface area contributed by atoms with Gasteiger partial charge in [-0.15, -0.1) is 0 Å². The number of rotatable bonds is 6. The number of benzene rings is 1. The van der Waals surface area contributed by atoms with Gasteiger partial charge < -0.3 is 25.1 Å². The summed E-state index contributed by atoms with van der Waals surface area (Å²) in [5.74, 6) is 1.89. The molecule has 3 heterocycles. The SMILES string of the molecule is CC.COc1cc(-n2cnc(Nc3nc(C)nn4cccc34)c2)cc(C(N)=O)c1OC.